The molecule has 1 heterocycles. The van der Waals surface area contributed by atoms with E-state index in [4.69, 9.17) is 17.3 Å². The van der Waals surface area contributed by atoms with Gasteiger partial charge in [-0.25, -0.2) is 4.98 Å². The maximum absolute atomic E-state index is 11.4. The minimum Gasteiger partial charge on any atom is -0.365 e. The van der Waals surface area contributed by atoms with Gasteiger partial charge in [-0.05, 0) is 24.5 Å². The lowest BCUT2D eigenvalue weighted by Gasteiger charge is -2.12. The number of pyridine rings is 1. The Morgan fingerprint density at radius 3 is 2.79 bits per heavy atom. The Bertz CT molecular complexity index is 619. The SMILES string of the molecule is CSc1ccccc1Nc1cc(Cl)ncc1C(N)=O. The number of hydrogen-bond donors (Lipinski definition) is 2. The number of hydrogen-bond acceptors (Lipinski definition) is 4. The minimum absolute atomic E-state index is 0.300. The average Bonchev–Trinajstić information content (AvgIpc) is 2.39. The topological polar surface area (TPSA) is 68.0 Å². The molecule has 0 spiro atoms. The minimum atomic E-state index is -0.548. The van der Waals surface area contributed by atoms with Gasteiger partial charge >= 0.3 is 0 Å². The highest BCUT2D eigenvalue weighted by atomic mass is 35.5. The van der Waals surface area contributed by atoms with Gasteiger partial charge in [-0.2, -0.15) is 0 Å². The van der Waals surface area contributed by atoms with Crippen LogP contribution in [-0.2, 0) is 0 Å². The zero-order valence-corrected chi connectivity index (χ0v) is 11.8. The average molecular weight is 294 g/mol. The normalized spacial score (nSPS) is 10.2. The van der Waals surface area contributed by atoms with E-state index in [-0.39, 0.29) is 0 Å². The predicted molar refractivity (Wildman–Crippen MR) is 79.3 cm³/mol. The molecule has 19 heavy (non-hydrogen) atoms. The quantitative estimate of drug-likeness (QED) is 0.670. The molecule has 0 unspecified atom stereocenters. The van der Waals surface area contributed by atoms with E-state index in [2.05, 4.69) is 10.3 Å². The molecule has 0 bridgehead atoms. The Labute approximate surface area is 120 Å². The summed E-state index contributed by atoms with van der Waals surface area (Å²) >= 11 is 7.46. The largest absolute Gasteiger partial charge is 0.365 e. The van der Waals surface area contributed by atoms with Gasteiger partial charge in [-0.15, -0.1) is 11.8 Å². The van der Waals surface area contributed by atoms with Crippen molar-refractivity contribution in [2.24, 2.45) is 5.73 Å². The standard InChI is InChI=1S/C13H12ClN3OS/c1-19-11-5-3-2-4-9(11)17-10-6-12(14)16-7-8(10)13(15)18/h2-7H,1H3,(H2,15,18)(H,16,17). The monoisotopic (exact) mass is 293 g/mol. The summed E-state index contributed by atoms with van der Waals surface area (Å²) in [4.78, 5) is 16.3. The first-order valence-corrected chi connectivity index (χ1v) is 7.07. The lowest BCUT2D eigenvalue weighted by atomic mass is 10.2. The van der Waals surface area contributed by atoms with Gasteiger partial charge < -0.3 is 11.1 Å². The highest BCUT2D eigenvalue weighted by Gasteiger charge is 2.11. The number of anilines is 2. The number of thioether (sulfide) groups is 1. The van der Waals surface area contributed by atoms with Gasteiger partial charge in [0.1, 0.15) is 5.15 Å². The number of nitrogens with zero attached hydrogens (tertiary/aromatic N) is 1. The predicted octanol–water partition coefficient (Wildman–Crippen LogP) is 3.30. The number of para-hydroxylation sites is 1. The van der Waals surface area contributed by atoms with E-state index in [1.807, 2.05) is 30.5 Å². The summed E-state index contributed by atoms with van der Waals surface area (Å²) < 4.78 is 0. The molecule has 0 saturated carbocycles. The Hall–Kier alpha value is -1.72. The summed E-state index contributed by atoms with van der Waals surface area (Å²) in [6, 6.07) is 9.35. The number of aromatic nitrogens is 1. The third kappa shape index (κ3) is 3.19. The second-order valence-corrected chi connectivity index (χ2v) is 4.98. The van der Waals surface area contributed by atoms with Crippen molar-refractivity contribution in [1.82, 2.24) is 4.98 Å². The Morgan fingerprint density at radius 2 is 2.11 bits per heavy atom. The smallest absolute Gasteiger partial charge is 0.252 e. The molecule has 4 nitrogen and oxygen atoms in total. The molecule has 3 N–H and O–H groups in total. The first kappa shape index (κ1) is 13.7. The molecule has 0 aliphatic heterocycles. The Morgan fingerprint density at radius 1 is 1.37 bits per heavy atom. The van der Waals surface area contributed by atoms with Crippen LogP contribution in [0.5, 0.6) is 0 Å². The van der Waals surface area contributed by atoms with Crippen LogP contribution < -0.4 is 11.1 Å². The number of carbonyl (C=O) groups is 1. The molecule has 0 aliphatic rings. The lowest BCUT2D eigenvalue weighted by molar-refractivity contribution is 0.100. The fourth-order valence-corrected chi connectivity index (χ4v) is 2.33. The van der Waals surface area contributed by atoms with E-state index in [1.165, 1.54) is 6.20 Å². The fraction of sp³-hybridized carbons (Fsp3) is 0.0769. The summed E-state index contributed by atoms with van der Waals surface area (Å²) in [6.07, 6.45) is 3.35. The van der Waals surface area contributed by atoms with Crippen molar-refractivity contribution in [3.63, 3.8) is 0 Å². The highest BCUT2D eigenvalue weighted by molar-refractivity contribution is 7.98. The van der Waals surface area contributed by atoms with Crippen LogP contribution in [0, 0.1) is 0 Å². The molecular weight excluding hydrogens is 282 g/mol. The van der Waals surface area contributed by atoms with Crippen molar-refractivity contribution in [2.75, 3.05) is 11.6 Å². The molecule has 0 radical (unpaired) electrons. The summed E-state index contributed by atoms with van der Waals surface area (Å²) in [7, 11) is 0. The van der Waals surface area contributed by atoms with E-state index >= 15 is 0 Å². The number of halogens is 1. The summed E-state index contributed by atoms with van der Waals surface area (Å²) in [5.41, 5.74) is 7.07. The van der Waals surface area contributed by atoms with Gasteiger partial charge in [0.2, 0.25) is 0 Å². The molecule has 0 saturated heterocycles. The second kappa shape index (κ2) is 5.95. The molecule has 2 rings (SSSR count). The van der Waals surface area contributed by atoms with Crippen molar-refractivity contribution in [1.29, 1.82) is 0 Å². The molecule has 2 aromatic rings. The molecule has 1 aromatic carbocycles. The third-order valence-corrected chi connectivity index (χ3v) is 3.51. The van der Waals surface area contributed by atoms with Crippen LogP contribution in [0.3, 0.4) is 0 Å². The molecule has 6 heteroatoms. The van der Waals surface area contributed by atoms with E-state index in [9.17, 15) is 4.79 Å². The van der Waals surface area contributed by atoms with E-state index < -0.39 is 5.91 Å². The van der Waals surface area contributed by atoms with Gasteiger partial charge in [0.15, 0.2) is 0 Å². The van der Waals surface area contributed by atoms with Gasteiger partial charge in [0.05, 0.1) is 16.9 Å². The van der Waals surface area contributed by atoms with Gasteiger partial charge in [-0.3, -0.25) is 4.79 Å². The third-order valence-electron chi connectivity index (χ3n) is 2.51. The zero-order valence-electron chi connectivity index (χ0n) is 10.2. The van der Waals surface area contributed by atoms with Crippen molar-refractivity contribution in [2.45, 2.75) is 4.90 Å². The number of rotatable bonds is 4. The van der Waals surface area contributed by atoms with E-state index in [0.717, 1.165) is 10.6 Å². The number of nitrogens with one attached hydrogen (secondary N) is 1. The summed E-state index contributed by atoms with van der Waals surface area (Å²) in [5, 5.41) is 3.47. The molecule has 98 valence electrons. The fourth-order valence-electron chi connectivity index (χ4n) is 1.62. The van der Waals surface area contributed by atoms with Crippen LogP contribution in [0.1, 0.15) is 10.4 Å². The van der Waals surface area contributed by atoms with Crippen LogP contribution in [0.15, 0.2) is 41.4 Å². The molecular formula is C13H12ClN3OS. The number of primary amides is 1. The van der Waals surface area contributed by atoms with Crippen molar-refractivity contribution >= 4 is 40.6 Å². The molecule has 0 aliphatic carbocycles. The second-order valence-electron chi connectivity index (χ2n) is 3.74. The maximum Gasteiger partial charge on any atom is 0.252 e. The number of nitrogens with two attached hydrogens (primary N) is 1. The molecule has 0 fully saturated rings. The van der Waals surface area contributed by atoms with Crippen LogP contribution in [-0.4, -0.2) is 17.1 Å². The van der Waals surface area contributed by atoms with Crippen LogP contribution in [0.2, 0.25) is 5.15 Å². The zero-order chi connectivity index (χ0) is 13.8. The van der Waals surface area contributed by atoms with Crippen molar-refractivity contribution < 1.29 is 4.79 Å². The van der Waals surface area contributed by atoms with Gasteiger partial charge in [0, 0.05) is 11.1 Å². The van der Waals surface area contributed by atoms with Gasteiger partial charge in [0.25, 0.3) is 5.91 Å². The van der Waals surface area contributed by atoms with Crippen LogP contribution >= 0.6 is 23.4 Å². The number of benzene rings is 1. The first-order chi connectivity index (χ1) is 9.11. The molecule has 1 amide bonds. The van der Waals surface area contributed by atoms with Crippen LogP contribution in [0.25, 0.3) is 0 Å². The van der Waals surface area contributed by atoms with E-state index in [1.54, 1.807) is 17.8 Å². The van der Waals surface area contributed by atoms with Crippen molar-refractivity contribution in [3.05, 3.63) is 47.2 Å². The molecule has 1 aromatic heterocycles. The molecule has 0 atom stereocenters. The maximum atomic E-state index is 11.4. The lowest BCUT2D eigenvalue weighted by Crippen LogP contribution is -2.13. The van der Waals surface area contributed by atoms with Crippen LogP contribution in [0.4, 0.5) is 11.4 Å². The Balaban J connectivity index is 2.42. The highest BCUT2D eigenvalue weighted by Crippen LogP contribution is 2.29. The summed E-state index contributed by atoms with van der Waals surface area (Å²) in [6.45, 7) is 0. The van der Waals surface area contributed by atoms with Crippen molar-refractivity contribution in [3.8, 4) is 0 Å². The first-order valence-electron chi connectivity index (χ1n) is 5.47. The number of carbonyl (C=O) groups excluding carboxylic acids is 1. The van der Waals surface area contributed by atoms with E-state index in [0.29, 0.717) is 16.4 Å². The van der Waals surface area contributed by atoms with Gasteiger partial charge in [-0.1, -0.05) is 23.7 Å². The summed E-state index contributed by atoms with van der Waals surface area (Å²) in [5.74, 6) is -0.548. The Kier molecular flexibility index (Phi) is 4.29. The number of amides is 1.